The van der Waals surface area contributed by atoms with Crippen LogP contribution in [0.25, 0.3) is 0 Å². The highest BCUT2D eigenvalue weighted by molar-refractivity contribution is 5.92. The molecule has 0 saturated heterocycles. The molecule has 1 amide bonds. The molecule has 2 atom stereocenters. The average Bonchev–Trinajstić information content (AvgIpc) is 2.67. The second-order valence-electron chi connectivity index (χ2n) is 6.55. The molecule has 0 radical (unpaired) electrons. The van der Waals surface area contributed by atoms with Crippen molar-refractivity contribution in [1.29, 1.82) is 0 Å². The number of amides is 1. The third-order valence-corrected chi connectivity index (χ3v) is 4.14. The van der Waals surface area contributed by atoms with Crippen molar-refractivity contribution in [2.75, 3.05) is 5.32 Å². The zero-order valence-electron chi connectivity index (χ0n) is 15.9. The van der Waals surface area contributed by atoms with E-state index < -0.39 is 41.7 Å². The Hall–Kier alpha value is -3.44. The van der Waals surface area contributed by atoms with Crippen LogP contribution in [0.3, 0.4) is 0 Å². The van der Waals surface area contributed by atoms with Crippen molar-refractivity contribution in [2.24, 2.45) is 5.73 Å². The number of hydrogen-bond donors (Lipinski definition) is 4. The maximum atomic E-state index is 12.6. The summed E-state index contributed by atoms with van der Waals surface area (Å²) in [6.45, 7) is -0.277. The summed E-state index contributed by atoms with van der Waals surface area (Å²) in [5.74, 6) is -3.54. The number of carboxylic acid groups (broad SMARTS) is 2. The molecule has 2 aromatic carbocycles. The fourth-order valence-electron chi connectivity index (χ4n) is 2.59. The van der Waals surface area contributed by atoms with Gasteiger partial charge in [0.2, 0.25) is 5.91 Å². The Morgan fingerprint density at radius 3 is 2.19 bits per heavy atom. The summed E-state index contributed by atoms with van der Waals surface area (Å²) >= 11 is 0. The molecule has 0 aliphatic heterocycles. The summed E-state index contributed by atoms with van der Waals surface area (Å²) in [4.78, 5) is 34.2. The number of carbonyl (C=O) groups is 3. The standard InChI is InChI=1S/C20H19F3N2O6/c21-20(22,23)13-6-4-11(5-7-13)9-15(26)25-14-3-1-2-12(8-14)10-31-17(19(29)30)16(24)18(27)28/h1-8,16-17H,9-10,24H2,(H,25,26)(H,27,28)(H,29,30)/t16-,17-/m0/s1. The minimum absolute atomic E-state index is 0.159. The number of hydrogen-bond acceptors (Lipinski definition) is 5. The third-order valence-electron chi connectivity index (χ3n) is 4.14. The molecule has 0 spiro atoms. The van der Waals surface area contributed by atoms with E-state index in [2.05, 4.69) is 5.32 Å². The highest BCUT2D eigenvalue weighted by Gasteiger charge is 2.31. The van der Waals surface area contributed by atoms with Crippen molar-refractivity contribution in [2.45, 2.75) is 31.3 Å². The van der Waals surface area contributed by atoms with Gasteiger partial charge < -0.3 is 26.0 Å². The highest BCUT2D eigenvalue weighted by Crippen LogP contribution is 2.29. The molecule has 0 unspecified atom stereocenters. The van der Waals surface area contributed by atoms with Gasteiger partial charge in [0.05, 0.1) is 18.6 Å². The minimum atomic E-state index is -4.46. The first-order valence-corrected chi connectivity index (χ1v) is 8.85. The van der Waals surface area contributed by atoms with Crippen molar-refractivity contribution >= 4 is 23.5 Å². The Labute approximate surface area is 174 Å². The van der Waals surface area contributed by atoms with Gasteiger partial charge in [0.1, 0.15) is 6.04 Å². The molecule has 0 fully saturated rings. The van der Waals surface area contributed by atoms with E-state index in [1.165, 1.54) is 18.2 Å². The first-order valence-electron chi connectivity index (χ1n) is 8.85. The number of aliphatic carboxylic acids is 2. The van der Waals surface area contributed by atoms with Gasteiger partial charge in [-0.1, -0.05) is 24.3 Å². The molecule has 11 heteroatoms. The lowest BCUT2D eigenvalue weighted by Crippen LogP contribution is -2.47. The van der Waals surface area contributed by atoms with Gasteiger partial charge in [-0.25, -0.2) is 4.79 Å². The number of carboxylic acids is 2. The highest BCUT2D eigenvalue weighted by atomic mass is 19.4. The van der Waals surface area contributed by atoms with E-state index >= 15 is 0 Å². The number of nitrogens with one attached hydrogen (secondary N) is 1. The van der Waals surface area contributed by atoms with E-state index in [0.29, 0.717) is 16.8 Å². The maximum absolute atomic E-state index is 12.6. The Kier molecular flexibility index (Phi) is 7.72. The predicted octanol–water partition coefficient (Wildman–Crippen LogP) is 2.27. The first-order chi connectivity index (χ1) is 14.5. The molecule has 166 valence electrons. The van der Waals surface area contributed by atoms with Gasteiger partial charge in [-0.3, -0.25) is 9.59 Å². The van der Waals surface area contributed by atoms with Crippen LogP contribution in [-0.4, -0.2) is 40.2 Å². The van der Waals surface area contributed by atoms with Gasteiger partial charge in [-0.05, 0) is 35.4 Å². The lowest BCUT2D eigenvalue weighted by molar-refractivity contribution is -0.159. The molecule has 0 heterocycles. The number of carbonyl (C=O) groups excluding carboxylic acids is 1. The van der Waals surface area contributed by atoms with E-state index in [-0.39, 0.29) is 13.0 Å². The van der Waals surface area contributed by atoms with Crippen LogP contribution in [0.2, 0.25) is 0 Å². The van der Waals surface area contributed by atoms with Gasteiger partial charge >= 0.3 is 18.1 Å². The molecule has 0 bridgehead atoms. The molecule has 2 aromatic rings. The maximum Gasteiger partial charge on any atom is 0.416 e. The van der Waals surface area contributed by atoms with Crippen LogP contribution < -0.4 is 11.1 Å². The Balaban J connectivity index is 1.97. The van der Waals surface area contributed by atoms with Gasteiger partial charge in [0.15, 0.2) is 6.10 Å². The topological polar surface area (TPSA) is 139 Å². The molecule has 0 aliphatic rings. The molecular weight excluding hydrogens is 421 g/mol. The predicted molar refractivity (Wildman–Crippen MR) is 102 cm³/mol. The number of ether oxygens (including phenoxy) is 1. The fraction of sp³-hybridized carbons (Fsp3) is 0.250. The molecule has 2 rings (SSSR count). The molecule has 8 nitrogen and oxygen atoms in total. The van der Waals surface area contributed by atoms with E-state index in [1.807, 2.05) is 0 Å². The monoisotopic (exact) mass is 440 g/mol. The molecule has 5 N–H and O–H groups in total. The van der Waals surface area contributed by atoms with Crippen LogP contribution in [-0.2, 0) is 38.3 Å². The summed E-state index contributed by atoms with van der Waals surface area (Å²) < 4.78 is 42.9. The second-order valence-corrected chi connectivity index (χ2v) is 6.55. The SMILES string of the molecule is N[C@H](C(=O)O)[C@H](OCc1cccc(NC(=O)Cc2ccc(C(F)(F)F)cc2)c1)C(=O)O. The fourth-order valence-corrected chi connectivity index (χ4v) is 2.59. The summed E-state index contributed by atoms with van der Waals surface area (Å²) in [6.07, 6.45) is -6.39. The second kappa shape index (κ2) is 10.0. The molecule has 0 aromatic heterocycles. The quantitative estimate of drug-likeness (QED) is 0.469. The third kappa shape index (κ3) is 7.08. The zero-order valence-corrected chi connectivity index (χ0v) is 15.9. The Morgan fingerprint density at radius 2 is 1.65 bits per heavy atom. The molecule has 0 aliphatic carbocycles. The Bertz CT molecular complexity index is 947. The van der Waals surface area contributed by atoms with Gasteiger partial charge in [0, 0.05) is 5.69 Å². The van der Waals surface area contributed by atoms with E-state index in [0.717, 1.165) is 12.1 Å². The first kappa shape index (κ1) is 23.8. The van der Waals surface area contributed by atoms with Gasteiger partial charge in [-0.15, -0.1) is 0 Å². The number of alkyl halides is 3. The van der Waals surface area contributed by atoms with Gasteiger partial charge in [0.25, 0.3) is 0 Å². The smallest absolute Gasteiger partial charge is 0.416 e. The van der Waals surface area contributed by atoms with Crippen LogP contribution in [0.15, 0.2) is 48.5 Å². The zero-order chi connectivity index (χ0) is 23.2. The van der Waals surface area contributed by atoms with Crippen molar-refractivity contribution in [1.82, 2.24) is 0 Å². The van der Waals surface area contributed by atoms with Crippen LogP contribution in [0.1, 0.15) is 16.7 Å². The van der Waals surface area contributed by atoms with Crippen molar-refractivity contribution in [3.63, 3.8) is 0 Å². The van der Waals surface area contributed by atoms with Crippen LogP contribution in [0.4, 0.5) is 18.9 Å². The Morgan fingerprint density at radius 1 is 1.00 bits per heavy atom. The van der Waals surface area contributed by atoms with Crippen molar-refractivity contribution < 1.29 is 42.5 Å². The number of anilines is 1. The number of benzene rings is 2. The number of nitrogens with two attached hydrogens (primary N) is 1. The normalized spacial score (nSPS) is 13.3. The van der Waals surface area contributed by atoms with Crippen molar-refractivity contribution in [3.8, 4) is 0 Å². The summed E-state index contributed by atoms with van der Waals surface area (Å²) in [6, 6.07) is 8.60. The molecular formula is C20H19F3N2O6. The van der Waals surface area contributed by atoms with Crippen LogP contribution >= 0.6 is 0 Å². The number of halogens is 3. The van der Waals surface area contributed by atoms with Crippen LogP contribution in [0, 0.1) is 0 Å². The summed E-state index contributed by atoms with van der Waals surface area (Å²) in [5.41, 5.74) is 5.66. The largest absolute Gasteiger partial charge is 0.480 e. The molecule has 0 saturated carbocycles. The summed E-state index contributed by atoms with van der Waals surface area (Å²) in [7, 11) is 0. The van der Waals surface area contributed by atoms with E-state index in [9.17, 15) is 27.6 Å². The lowest BCUT2D eigenvalue weighted by Gasteiger charge is -2.17. The van der Waals surface area contributed by atoms with Crippen molar-refractivity contribution in [3.05, 3.63) is 65.2 Å². The summed E-state index contributed by atoms with van der Waals surface area (Å²) in [5, 5.41) is 20.5. The number of rotatable bonds is 9. The minimum Gasteiger partial charge on any atom is -0.480 e. The van der Waals surface area contributed by atoms with E-state index in [4.69, 9.17) is 20.7 Å². The lowest BCUT2D eigenvalue weighted by atomic mass is 10.1. The average molecular weight is 440 g/mol. The molecule has 31 heavy (non-hydrogen) atoms. The van der Waals surface area contributed by atoms with E-state index in [1.54, 1.807) is 18.2 Å². The van der Waals surface area contributed by atoms with Crippen LogP contribution in [0.5, 0.6) is 0 Å². The van der Waals surface area contributed by atoms with Gasteiger partial charge in [-0.2, -0.15) is 13.2 Å².